The third-order valence-electron chi connectivity index (χ3n) is 1.77. The Balaban J connectivity index is 1.99. The van der Waals surface area contributed by atoms with Gasteiger partial charge in [-0.3, -0.25) is 0 Å². The van der Waals surface area contributed by atoms with Gasteiger partial charge in [0.15, 0.2) is 5.82 Å². The molecular formula is C9H11N5O. The Morgan fingerprint density at radius 1 is 1.40 bits per heavy atom. The van der Waals surface area contributed by atoms with Crippen molar-refractivity contribution in [3.63, 3.8) is 0 Å². The van der Waals surface area contributed by atoms with Crippen LogP contribution in [0.5, 0.6) is 0 Å². The molecule has 0 radical (unpaired) electrons. The zero-order valence-corrected chi connectivity index (χ0v) is 8.27. The molecule has 0 aliphatic carbocycles. The van der Waals surface area contributed by atoms with E-state index in [4.69, 9.17) is 10.3 Å². The average molecular weight is 205 g/mol. The molecule has 0 aliphatic rings. The topological polar surface area (TPSA) is 89.9 Å². The second kappa shape index (κ2) is 3.95. The second-order valence-electron chi connectivity index (χ2n) is 3.03. The van der Waals surface area contributed by atoms with Gasteiger partial charge in [0, 0.05) is 6.92 Å². The molecule has 2 rings (SSSR count). The largest absolute Gasteiger partial charge is 0.384 e. The maximum atomic E-state index is 5.53. The monoisotopic (exact) mass is 205 g/mol. The number of hydrogen-bond acceptors (Lipinski definition) is 6. The molecule has 0 amide bonds. The van der Waals surface area contributed by atoms with Crippen molar-refractivity contribution in [2.45, 2.75) is 13.5 Å². The summed E-state index contributed by atoms with van der Waals surface area (Å²) >= 11 is 0. The highest BCUT2D eigenvalue weighted by molar-refractivity contribution is 5.42. The van der Waals surface area contributed by atoms with Gasteiger partial charge in [-0.1, -0.05) is 11.2 Å². The van der Waals surface area contributed by atoms with Crippen LogP contribution in [-0.4, -0.2) is 15.1 Å². The van der Waals surface area contributed by atoms with Crippen molar-refractivity contribution >= 4 is 11.6 Å². The number of aromatic nitrogens is 3. The molecule has 2 aromatic heterocycles. The first-order valence-electron chi connectivity index (χ1n) is 4.49. The molecule has 6 nitrogen and oxygen atoms in total. The summed E-state index contributed by atoms with van der Waals surface area (Å²) in [4.78, 5) is 8.12. The summed E-state index contributed by atoms with van der Waals surface area (Å²) in [5, 5.41) is 6.78. The summed E-state index contributed by atoms with van der Waals surface area (Å²) in [6, 6.07) is 5.37. The number of aryl methyl sites for hydroxylation is 1. The molecule has 0 spiro atoms. The lowest BCUT2D eigenvalue weighted by atomic mass is 10.4. The summed E-state index contributed by atoms with van der Waals surface area (Å²) in [5.74, 6) is 2.31. The molecule has 0 fully saturated rings. The van der Waals surface area contributed by atoms with Crippen LogP contribution >= 0.6 is 0 Å². The van der Waals surface area contributed by atoms with Gasteiger partial charge in [-0.05, 0) is 12.1 Å². The van der Waals surface area contributed by atoms with Gasteiger partial charge in [-0.25, -0.2) is 4.98 Å². The molecule has 2 heterocycles. The van der Waals surface area contributed by atoms with Gasteiger partial charge < -0.3 is 15.6 Å². The number of pyridine rings is 1. The predicted octanol–water partition coefficient (Wildman–Crippen LogP) is 0.967. The second-order valence-corrected chi connectivity index (χ2v) is 3.03. The van der Waals surface area contributed by atoms with Crippen LogP contribution in [0.2, 0.25) is 0 Å². The minimum atomic E-state index is 0.466. The zero-order valence-electron chi connectivity index (χ0n) is 8.27. The molecule has 0 saturated heterocycles. The molecule has 6 heteroatoms. The van der Waals surface area contributed by atoms with Crippen LogP contribution < -0.4 is 11.1 Å². The van der Waals surface area contributed by atoms with E-state index in [0.717, 1.165) is 0 Å². The summed E-state index contributed by atoms with van der Waals surface area (Å²) < 4.78 is 4.83. The molecule has 15 heavy (non-hydrogen) atoms. The number of nitrogen functional groups attached to an aromatic ring is 1. The highest BCUT2D eigenvalue weighted by Crippen LogP contribution is 2.06. The third kappa shape index (κ3) is 2.43. The smallest absolute Gasteiger partial charge is 0.223 e. The highest BCUT2D eigenvalue weighted by Gasteiger charge is 2.01. The number of anilines is 2. The predicted molar refractivity (Wildman–Crippen MR) is 55.0 cm³/mol. The fourth-order valence-electron chi connectivity index (χ4n) is 1.13. The van der Waals surface area contributed by atoms with Crippen LogP contribution in [0.4, 0.5) is 11.6 Å². The summed E-state index contributed by atoms with van der Waals surface area (Å²) in [5.41, 5.74) is 5.53. The normalized spacial score (nSPS) is 10.2. The van der Waals surface area contributed by atoms with Crippen molar-refractivity contribution in [2.24, 2.45) is 0 Å². The van der Waals surface area contributed by atoms with Crippen molar-refractivity contribution in [1.82, 2.24) is 15.1 Å². The Hall–Kier alpha value is -2.11. The molecule has 0 saturated carbocycles. The highest BCUT2D eigenvalue weighted by atomic mass is 16.5. The van der Waals surface area contributed by atoms with Crippen molar-refractivity contribution in [3.8, 4) is 0 Å². The lowest BCUT2D eigenvalue weighted by Gasteiger charge is -2.02. The SMILES string of the molecule is Cc1nc(CNc2cccc(N)n2)no1. The molecule has 2 aromatic rings. The lowest BCUT2D eigenvalue weighted by molar-refractivity contribution is 0.388. The van der Waals surface area contributed by atoms with Gasteiger partial charge in [-0.2, -0.15) is 4.98 Å². The molecule has 0 unspecified atom stereocenters. The molecular weight excluding hydrogens is 194 g/mol. The first-order chi connectivity index (χ1) is 7.24. The third-order valence-corrected chi connectivity index (χ3v) is 1.77. The Kier molecular flexibility index (Phi) is 2.49. The van der Waals surface area contributed by atoms with Crippen molar-refractivity contribution in [2.75, 3.05) is 11.1 Å². The Morgan fingerprint density at radius 3 is 2.93 bits per heavy atom. The van der Waals surface area contributed by atoms with Crippen LogP contribution in [-0.2, 0) is 6.54 Å². The first-order valence-corrected chi connectivity index (χ1v) is 4.49. The molecule has 0 aromatic carbocycles. The van der Waals surface area contributed by atoms with E-state index in [0.29, 0.717) is 29.9 Å². The minimum absolute atomic E-state index is 0.466. The number of nitrogens with two attached hydrogens (primary N) is 1. The van der Waals surface area contributed by atoms with Crippen LogP contribution in [0.1, 0.15) is 11.7 Å². The standard InChI is InChI=1S/C9H11N5O/c1-6-12-9(14-15-6)5-11-8-4-2-3-7(10)13-8/h2-4H,5H2,1H3,(H3,10,11,13). The van der Waals surface area contributed by atoms with Gasteiger partial charge in [0.1, 0.15) is 11.6 Å². The van der Waals surface area contributed by atoms with E-state index in [-0.39, 0.29) is 0 Å². The van der Waals surface area contributed by atoms with E-state index in [2.05, 4.69) is 20.4 Å². The van der Waals surface area contributed by atoms with Crippen LogP contribution in [0, 0.1) is 6.92 Å². The number of rotatable bonds is 3. The summed E-state index contributed by atoms with van der Waals surface area (Å²) in [6.45, 7) is 2.21. The van der Waals surface area contributed by atoms with E-state index >= 15 is 0 Å². The van der Waals surface area contributed by atoms with Crippen LogP contribution in [0.3, 0.4) is 0 Å². The van der Waals surface area contributed by atoms with Gasteiger partial charge >= 0.3 is 0 Å². The number of nitrogens with one attached hydrogen (secondary N) is 1. The molecule has 0 bridgehead atoms. The van der Waals surface area contributed by atoms with E-state index in [1.54, 1.807) is 13.0 Å². The number of hydrogen-bond donors (Lipinski definition) is 2. The van der Waals surface area contributed by atoms with Crippen molar-refractivity contribution < 1.29 is 4.52 Å². The van der Waals surface area contributed by atoms with E-state index < -0.39 is 0 Å². The molecule has 0 atom stereocenters. The molecule has 78 valence electrons. The fraction of sp³-hybridized carbons (Fsp3) is 0.222. The zero-order chi connectivity index (χ0) is 10.7. The van der Waals surface area contributed by atoms with E-state index in [1.165, 1.54) is 0 Å². The fourth-order valence-corrected chi connectivity index (χ4v) is 1.13. The van der Waals surface area contributed by atoms with Gasteiger partial charge in [0.05, 0.1) is 6.54 Å². The van der Waals surface area contributed by atoms with Gasteiger partial charge in [0.25, 0.3) is 0 Å². The van der Waals surface area contributed by atoms with Crippen LogP contribution in [0.25, 0.3) is 0 Å². The Labute approximate surface area is 86.5 Å². The van der Waals surface area contributed by atoms with Crippen LogP contribution in [0.15, 0.2) is 22.7 Å². The maximum absolute atomic E-state index is 5.53. The van der Waals surface area contributed by atoms with Gasteiger partial charge in [0.2, 0.25) is 5.89 Å². The maximum Gasteiger partial charge on any atom is 0.223 e. The summed E-state index contributed by atoms with van der Waals surface area (Å²) in [6.07, 6.45) is 0. The van der Waals surface area contributed by atoms with Crippen molar-refractivity contribution in [1.29, 1.82) is 0 Å². The minimum Gasteiger partial charge on any atom is -0.384 e. The first kappa shape index (κ1) is 9.45. The Morgan fingerprint density at radius 2 is 2.27 bits per heavy atom. The van der Waals surface area contributed by atoms with E-state index in [1.807, 2.05) is 12.1 Å². The lowest BCUT2D eigenvalue weighted by Crippen LogP contribution is -2.03. The molecule has 3 N–H and O–H groups in total. The van der Waals surface area contributed by atoms with Gasteiger partial charge in [-0.15, -0.1) is 0 Å². The average Bonchev–Trinajstić information content (AvgIpc) is 2.62. The Bertz CT molecular complexity index is 453. The van der Waals surface area contributed by atoms with E-state index in [9.17, 15) is 0 Å². The molecule has 0 aliphatic heterocycles. The summed E-state index contributed by atoms with van der Waals surface area (Å²) in [7, 11) is 0. The number of nitrogens with zero attached hydrogens (tertiary/aromatic N) is 3. The quantitative estimate of drug-likeness (QED) is 0.775. The van der Waals surface area contributed by atoms with Crippen molar-refractivity contribution in [3.05, 3.63) is 29.9 Å².